The van der Waals surface area contributed by atoms with Crippen LogP contribution in [-0.4, -0.2) is 37.4 Å². The smallest absolute Gasteiger partial charge is 0.352 e. The van der Waals surface area contributed by atoms with E-state index in [1.807, 2.05) is 24.3 Å². The molecular formula is C22H23N5O4S. The number of thiophene rings is 1. The molecule has 4 aromatic rings. The van der Waals surface area contributed by atoms with Crippen molar-refractivity contribution < 1.29 is 9.53 Å². The number of aromatic nitrogens is 4. The van der Waals surface area contributed by atoms with Gasteiger partial charge in [-0.15, -0.1) is 16.4 Å². The summed E-state index contributed by atoms with van der Waals surface area (Å²) in [6, 6.07) is 9.29. The predicted octanol–water partition coefficient (Wildman–Crippen LogP) is 2.25. The van der Waals surface area contributed by atoms with E-state index < -0.39 is 5.69 Å². The zero-order valence-electron chi connectivity index (χ0n) is 17.6. The van der Waals surface area contributed by atoms with E-state index in [9.17, 15) is 14.4 Å². The molecule has 1 saturated heterocycles. The Bertz CT molecular complexity index is 1410. The Balaban J connectivity index is 1.51. The van der Waals surface area contributed by atoms with Gasteiger partial charge in [-0.25, -0.2) is 13.9 Å². The third-order valence-corrected chi connectivity index (χ3v) is 6.63. The summed E-state index contributed by atoms with van der Waals surface area (Å²) in [6.45, 7) is 2.79. The third-order valence-electron chi connectivity index (χ3n) is 5.74. The van der Waals surface area contributed by atoms with Crippen LogP contribution in [0.25, 0.3) is 16.0 Å². The first kappa shape index (κ1) is 20.7. The van der Waals surface area contributed by atoms with E-state index in [0.29, 0.717) is 29.1 Å². The van der Waals surface area contributed by atoms with E-state index in [4.69, 9.17) is 4.74 Å². The van der Waals surface area contributed by atoms with Gasteiger partial charge in [0.15, 0.2) is 0 Å². The van der Waals surface area contributed by atoms with Gasteiger partial charge in [-0.05, 0) is 48.4 Å². The molecule has 0 spiro atoms. The minimum Gasteiger partial charge on any atom is -0.376 e. The second-order valence-electron chi connectivity index (χ2n) is 7.86. The normalized spacial score (nSPS) is 16.2. The number of carbonyl (C=O) groups is 1. The third kappa shape index (κ3) is 3.65. The molecule has 5 rings (SSSR count). The summed E-state index contributed by atoms with van der Waals surface area (Å²) in [5.41, 5.74) is 1.67. The van der Waals surface area contributed by atoms with Crippen LogP contribution in [0.2, 0.25) is 0 Å². The SMILES string of the molecule is CCc1ccc(NC(=O)Cn2nc3n(C[C@H]4CCCO4)c(=O)c4sccc4n3c2=O)cc1. The lowest BCUT2D eigenvalue weighted by molar-refractivity contribution is -0.117. The lowest BCUT2D eigenvalue weighted by atomic mass is 10.1. The first-order chi connectivity index (χ1) is 15.5. The maximum atomic E-state index is 13.2. The van der Waals surface area contributed by atoms with Gasteiger partial charge in [-0.2, -0.15) is 0 Å². The molecular weight excluding hydrogens is 430 g/mol. The molecule has 4 heterocycles. The molecule has 0 saturated carbocycles. The van der Waals surface area contributed by atoms with E-state index in [1.165, 1.54) is 25.9 Å². The molecule has 1 aliphatic rings. The number of hydrogen-bond donors (Lipinski definition) is 1. The van der Waals surface area contributed by atoms with Crippen LogP contribution in [0, 0.1) is 0 Å². The van der Waals surface area contributed by atoms with E-state index in [-0.39, 0.29) is 29.9 Å². The van der Waals surface area contributed by atoms with Crippen LogP contribution in [0.4, 0.5) is 5.69 Å². The number of hydrogen-bond acceptors (Lipinski definition) is 6. The molecule has 0 radical (unpaired) electrons. The van der Waals surface area contributed by atoms with Gasteiger partial charge in [0, 0.05) is 12.3 Å². The largest absolute Gasteiger partial charge is 0.376 e. The van der Waals surface area contributed by atoms with Crippen molar-refractivity contribution in [3.63, 3.8) is 0 Å². The van der Waals surface area contributed by atoms with Crippen molar-refractivity contribution >= 4 is 38.9 Å². The Morgan fingerprint density at radius 1 is 1.25 bits per heavy atom. The average Bonchev–Trinajstić information content (AvgIpc) is 3.53. The monoisotopic (exact) mass is 453 g/mol. The molecule has 1 aromatic carbocycles. The zero-order valence-corrected chi connectivity index (χ0v) is 18.4. The van der Waals surface area contributed by atoms with E-state index in [0.717, 1.165) is 23.9 Å². The molecule has 1 atom stereocenters. The van der Waals surface area contributed by atoms with Crippen LogP contribution in [0.3, 0.4) is 0 Å². The van der Waals surface area contributed by atoms with Gasteiger partial charge >= 0.3 is 5.69 Å². The highest BCUT2D eigenvalue weighted by atomic mass is 32.1. The lowest BCUT2D eigenvalue weighted by Gasteiger charge is -2.12. The molecule has 9 nitrogen and oxygen atoms in total. The maximum Gasteiger partial charge on any atom is 0.352 e. The number of benzene rings is 1. The number of aryl methyl sites for hydroxylation is 1. The number of fused-ring (bicyclic) bond motifs is 3. The fourth-order valence-corrected chi connectivity index (χ4v) is 4.88. The Labute approximate surface area is 186 Å². The highest BCUT2D eigenvalue weighted by molar-refractivity contribution is 7.17. The Morgan fingerprint density at radius 2 is 2.06 bits per heavy atom. The van der Waals surface area contributed by atoms with Gasteiger partial charge < -0.3 is 10.1 Å². The van der Waals surface area contributed by atoms with Gasteiger partial charge in [0.1, 0.15) is 11.2 Å². The molecule has 1 amide bonds. The second kappa shape index (κ2) is 8.36. The van der Waals surface area contributed by atoms with Crippen molar-refractivity contribution in [3.05, 3.63) is 62.1 Å². The molecule has 0 aliphatic carbocycles. The molecule has 0 unspecified atom stereocenters. The van der Waals surface area contributed by atoms with Gasteiger partial charge in [0.25, 0.3) is 5.56 Å². The number of carbonyl (C=O) groups excluding carboxylic acids is 1. The predicted molar refractivity (Wildman–Crippen MR) is 123 cm³/mol. The first-order valence-corrected chi connectivity index (χ1v) is 11.5. The van der Waals surface area contributed by atoms with Gasteiger partial charge in [0.2, 0.25) is 11.7 Å². The first-order valence-electron chi connectivity index (χ1n) is 10.6. The van der Waals surface area contributed by atoms with Crippen molar-refractivity contribution in [2.24, 2.45) is 0 Å². The number of rotatable bonds is 6. The second-order valence-corrected chi connectivity index (χ2v) is 8.78. The summed E-state index contributed by atoms with van der Waals surface area (Å²) in [4.78, 5) is 38.9. The standard InChI is InChI=1S/C22H23N5O4S/c1-2-14-5-7-15(8-6-14)23-18(28)13-26-22(30)27-17-9-11-32-19(17)20(29)25(21(27)24-26)12-16-4-3-10-31-16/h5-9,11,16H,2-4,10,12-13H2,1H3,(H,23,28)/t16-/m1/s1. The fraction of sp³-hybridized carbons (Fsp3) is 0.364. The van der Waals surface area contributed by atoms with Gasteiger partial charge in [0.05, 0.1) is 18.2 Å². The Hall–Kier alpha value is -3.24. The van der Waals surface area contributed by atoms with Crippen LogP contribution in [0.15, 0.2) is 45.3 Å². The van der Waals surface area contributed by atoms with Crippen molar-refractivity contribution in [2.45, 2.75) is 45.4 Å². The zero-order chi connectivity index (χ0) is 22.2. The van der Waals surface area contributed by atoms with Crippen molar-refractivity contribution in [3.8, 4) is 0 Å². The van der Waals surface area contributed by atoms with Gasteiger partial charge in [-0.1, -0.05) is 19.1 Å². The van der Waals surface area contributed by atoms with E-state index in [1.54, 1.807) is 11.4 Å². The number of nitrogens with zero attached hydrogens (tertiary/aromatic N) is 4. The number of amides is 1. The number of nitrogens with one attached hydrogen (secondary N) is 1. The molecule has 166 valence electrons. The van der Waals surface area contributed by atoms with Crippen LogP contribution < -0.4 is 16.6 Å². The fourth-order valence-electron chi connectivity index (χ4n) is 4.05. The van der Waals surface area contributed by atoms with Crippen molar-refractivity contribution in [1.82, 2.24) is 18.7 Å². The van der Waals surface area contributed by atoms with Crippen molar-refractivity contribution in [2.75, 3.05) is 11.9 Å². The quantitative estimate of drug-likeness (QED) is 0.483. The van der Waals surface area contributed by atoms with Crippen molar-refractivity contribution in [1.29, 1.82) is 0 Å². The van der Waals surface area contributed by atoms with Crippen LogP contribution >= 0.6 is 11.3 Å². The highest BCUT2D eigenvalue weighted by Crippen LogP contribution is 2.19. The molecule has 1 N–H and O–H groups in total. The minimum absolute atomic E-state index is 0.0939. The van der Waals surface area contributed by atoms with E-state index >= 15 is 0 Å². The topological polar surface area (TPSA) is 99.6 Å². The van der Waals surface area contributed by atoms with Crippen LogP contribution in [-0.2, 0) is 29.0 Å². The Kier molecular flexibility index (Phi) is 5.40. The molecule has 1 fully saturated rings. The number of anilines is 1. The van der Waals surface area contributed by atoms with Crippen LogP contribution in [0.1, 0.15) is 25.3 Å². The Morgan fingerprint density at radius 3 is 2.78 bits per heavy atom. The minimum atomic E-state index is -0.457. The highest BCUT2D eigenvalue weighted by Gasteiger charge is 2.23. The average molecular weight is 454 g/mol. The summed E-state index contributed by atoms with van der Waals surface area (Å²) in [7, 11) is 0. The number of ether oxygens (including phenoxy) is 1. The lowest BCUT2D eigenvalue weighted by Crippen LogP contribution is -2.30. The summed E-state index contributed by atoms with van der Waals surface area (Å²) < 4.78 is 10.2. The maximum absolute atomic E-state index is 13.2. The summed E-state index contributed by atoms with van der Waals surface area (Å²) >= 11 is 1.29. The summed E-state index contributed by atoms with van der Waals surface area (Å²) in [5.74, 6) is -0.143. The van der Waals surface area contributed by atoms with Gasteiger partial charge in [-0.3, -0.25) is 14.2 Å². The summed E-state index contributed by atoms with van der Waals surface area (Å²) in [5, 5.41) is 8.94. The van der Waals surface area contributed by atoms with Crippen LogP contribution in [0.5, 0.6) is 0 Å². The molecule has 0 bridgehead atoms. The molecule has 1 aliphatic heterocycles. The molecule has 10 heteroatoms. The molecule has 32 heavy (non-hydrogen) atoms. The molecule has 3 aromatic heterocycles. The van der Waals surface area contributed by atoms with E-state index in [2.05, 4.69) is 17.3 Å². The summed E-state index contributed by atoms with van der Waals surface area (Å²) in [6.07, 6.45) is 2.61.